The maximum Gasteiger partial charge on any atom is 0.297 e. The lowest BCUT2D eigenvalue weighted by Crippen LogP contribution is -2.51. The molecular formula is C15H15ClF4N6O2. The van der Waals surface area contributed by atoms with E-state index in [9.17, 15) is 27.5 Å². The molecule has 0 fully saturated rings. The highest BCUT2D eigenvalue weighted by atomic mass is 35.5. The molecule has 0 saturated carbocycles. The van der Waals surface area contributed by atoms with Gasteiger partial charge in [-0.1, -0.05) is 11.6 Å². The van der Waals surface area contributed by atoms with E-state index < -0.39 is 36.6 Å². The third-order valence-electron chi connectivity index (χ3n) is 4.26. The number of halogens is 5. The van der Waals surface area contributed by atoms with Gasteiger partial charge in [-0.3, -0.25) is 9.48 Å². The first kappa shape index (κ1) is 20.3. The van der Waals surface area contributed by atoms with E-state index in [0.29, 0.717) is 16.4 Å². The largest absolute Gasteiger partial charge is 0.364 e. The second kappa shape index (κ2) is 7.17. The Kier molecular flexibility index (Phi) is 5.19. The van der Waals surface area contributed by atoms with Crippen molar-refractivity contribution >= 4 is 23.2 Å². The fourth-order valence-electron chi connectivity index (χ4n) is 2.72. The van der Waals surface area contributed by atoms with Crippen molar-refractivity contribution in [2.24, 2.45) is 5.10 Å². The Morgan fingerprint density at radius 2 is 2.00 bits per heavy atom. The number of nitrogens with zero attached hydrogens (tertiary/aromatic N) is 6. The number of hydrogen-bond acceptors (Lipinski definition) is 5. The SMILES string of the molecule is Cc1nn(Cn2ccc(C(=O)N3N=C(C(F)F)C[C@]3(O)C(F)F)n2)c(C)c1Cl. The molecule has 1 amide bonds. The van der Waals surface area contributed by atoms with Gasteiger partial charge in [0.2, 0.25) is 5.72 Å². The van der Waals surface area contributed by atoms with Gasteiger partial charge in [0.05, 0.1) is 16.4 Å². The van der Waals surface area contributed by atoms with Gasteiger partial charge in [-0.25, -0.2) is 22.2 Å². The lowest BCUT2D eigenvalue weighted by molar-refractivity contribution is -0.164. The average Bonchev–Trinajstić information content (AvgIpc) is 3.29. The van der Waals surface area contributed by atoms with Gasteiger partial charge in [0.25, 0.3) is 18.8 Å². The monoisotopic (exact) mass is 422 g/mol. The number of hydrogen-bond donors (Lipinski definition) is 1. The molecule has 0 radical (unpaired) electrons. The quantitative estimate of drug-likeness (QED) is 0.749. The van der Waals surface area contributed by atoms with Gasteiger partial charge in [0, 0.05) is 12.6 Å². The van der Waals surface area contributed by atoms with Crippen molar-refractivity contribution in [1.29, 1.82) is 0 Å². The van der Waals surface area contributed by atoms with E-state index in [4.69, 9.17) is 11.6 Å². The van der Waals surface area contributed by atoms with Crippen LogP contribution >= 0.6 is 11.6 Å². The number of aromatic nitrogens is 4. The topological polar surface area (TPSA) is 88.5 Å². The van der Waals surface area contributed by atoms with Crippen molar-refractivity contribution in [3.05, 3.63) is 34.4 Å². The number of aryl methyl sites for hydroxylation is 1. The van der Waals surface area contributed by atoms with Crippen LogP contribution in [0.2, 0.25) is 5.02 Å². The van der Waals surface area contributed by atoms with Gasteiger partial charge in [0.1, 0.15) is 12.4 Å². The Labute approximate surface area is 161 Å². The molecule has 1 atom stereocenters. The molecule has 1 N–H and O–H groups in total. The molecule has 0 aliphatic carbocycles. The van der Waals surface area contributed by atoms with Crippen LogP contribution in [0, 0.1) is 13.8 Å². The Balaban J connectivity index is 1.85. The fraction of sp³-hybridized carbons (Fsp3) is 0.467. The van der Waals surface area contributed by atoms with E-state index in [1.54, 1.807) is 13.8 Å². The molecule has 2 aromatic rings. The zero-order valence-corrected chi connectivity index (χ0v) is 15.4. The molecule has 3 rings (SSSR count). The predicted molar refractivity (Wildman–Crippen MR) is 89.5 cm³/mol. The Hall–Kier alpha value is -2.47. The number of carbonyl (C=O) groups is 1. The second-order valence-electron chi connectivity index (χ2n) is 6.23. The summed E-state index contributed by atoms with van der Waals surface area (Å²) in [4.78, 5) is 12.5. The Morgan fingerprint density at radius 1 is 1.32 bits per heavy atom. The lowest BCUT2D eigenvalue weighted by atomic mass is 10.1. The van der Waals surface area contributed by atoms with E-state index in [2.05, 4.69) is 15.3 Å². The van der Waals surface area contributed by atoms with E-state index >= 15 is 0 Å². The molecule has 0 bridgehead atoms. The van der Waals surface area contributed by atoms with Gasteiger partial charge in [0.15, 0.2) is 5.69 Å². The average molecular weight is 423 g/mol. The van der Waals surface area contributed by atoms with Gasteiger partial charge < -0.3 is 5.11 Å². The molecular weight excluding hydrogens is 408 g/mol. The van der Waals surface area contributed by atoms with Crippen LogP contribution in [-0.2, 0) is 6.67 Å². The van der Waals surface area contributed by atoms with Crippen molar-refractivity contribution in [1.82, 2.24) is 24.6 Å². The molecule has 2 aromatic heterocycles. The highest BCUT2D eigenvalue weighted by Gasteiger charge is 2.53. The predicted octanol–water partition coefficient (Wildman–Crippen LogP) is 2.28. The standard InChI is InChI=1S/C15H15ClF4N6O2/c1-7-11(16)8(2)25(21-7)6-24-4-3-9(22-24)13(27)26-15(28,14(19)20)5-10(23-26)12(17)18/h3-4,12,14,28H,5-6H2,1-2H3/t15-/m0/s1. The van der Waals surface area contributed by atoms with Crippen molar-refractivity contribution in [2.45, 2.75) is 45.5 Å². The summed E-state index contributed by atoms with van der Waals surface area (Å²) in [5.74, 6) is -1.23. The third-order valence-corrected chi connectivity index (χ3v) is 4.81. The Morgan fingerprint density at radius 3 is 2.54 bits per heavy atom. The van der Waals surface area contributed by atoms with Crippen LogP contribution in [0.1, 0.15) is 28.3 Å². The number of hydrazone groups is 1. The summed E-state index contributed by atoms with van der Waals surface area (Å²) in [6.45, 7) is 3.50. The van der Waals surface area contributed by atoms with Crippen LogP contribution in [0.15, 0.2) is 17.4 Å². The summed E-state index contributed by atoms with van der Waals surface area (Å²) < 4.78 is 55.0. The number of amides is 1. The normalized spacial score (nSPS) is 19.8. The van der Waals surface area contributed by atoms with Crippen molar-refractivity contribution < 1.29 is 27.5 Å². The van der Waals surface area contributed by atoms with Crippen LogP contribution in [0.3, 0.4) is 0 Å². The van der Waals surface area contributed by atoms with E-state index in [0.717, 1.165) is 0 Å². The first-order valence-electron chi connectivity index (χ1n) is 7.98. The zero-order valence-electron chi connectivity index (χ0n) is 14.7. The molecule has 0 unspecified atom stereocenters. The maximum atomic E-state index is 13.3. The number of rotatable bonds is 5. The first-order chi connectivity index (χ1) is 13.0. The number of aliphatic hydroxyl groups is 1. The summed E-state index contributed by atoms with van der Waals surface area (Å²) in [6.07, 6.45) is -6.47. The fourth-order valence-corrected chi connectivity index (χ4v) is 2.85. The Bertz CT molecular complexity index is 943. The van der Waals surface area contributed by atoms with Crippen LogP contribution in [0.4, 0.5) is 17.6 Å². The summed E-state index contributed by atoms with van der Waals surface area (Å²) in [7, 11) is 0. The minimum Gasteiger partial charge on any atom is -0.364 e. The van der Waals surface area contributed by atoms with Crippen molar-refractivity contribution in [2.75, 3.05) is 0 Å². The van der Waals surface area contributed by atoms with Gasteiger partial charge >= 0.3 is 0 Å². The lowest BCUT2D eigenvalue weighted by Gasteiger charge is -2.29. The highest BCUT2D eigenvalue weighted by Crippen LogP contribution is 2.34. The van der Waals surface area contributed by atoms with Crippen LogP contribution in [0.5, 0.6) is 0 Å². The van der Waals surface area contributed by atoms with Gasteiger partial charge in [-0.2, -0.15) is 20.3 Å². The number of carbonyl (C=O) groups excluding carboxylic acids is 1. The molecule has 8 nitrogen and oxygen atoms in total. The minimum absolute atomic E-state index is 0.0357. The second-order valence-corrected chi connectivity index (χ2v) is 6.61. The highest BCUT2D eigenvalue weighted by molar-refractivity contribution is 6.31. The summed E-state index contributed by atoms with van der Waals surface area (Å²) >= 11 is 6.06. The molecule has 28 heavy (non-hydrogen) atoms. The summed E-state index contributed by atoms with van der Waals surface area (Å²) in [5, 5.41) is 21.8. The molecule has 13 heteroatoms. The van der Waals surface area contributed by atoms with Crippen LogP contribution < -0.4 is 0 Å². The zero-order chi connectivity index (χ0) is 20.8. The van der Waals surface area contributed by atoms with Crippen LogP contribution in [0.25, 0.3) is 0 Å². The third kappa shape index (κ3) is 3.37. The molecule has 0 aromatic carbocycles. The van der Waals surface area contributed by atoms with Crippen molar-refractivity contribution in [3.63, 3.8) is 0 Å². The molecule has 1 aliphatic rings. The molecule has 152 valence electrons. The number of alkyl halides is 4. The van der Waals surface area contributed by atoms with Gasteiger partial charge in [-0.05, 0) is 19.9 Å². The summed E-state index contributed by atoms with van der Waals surface area (Å²) in [6, 6.07) is 1.19. The minimum atomic E-state index is -3.50. The smallest absolute Gasteiger partial charge is 0.297 e. The molecule has 3 heterocycles. The van der Waals surface area contributed by atoms with Crippen LogP contribution in [-0.4, -0.2) is 59.9 Å². The first-order valence-corrected chi connectivity index (χ1v) is 8.36. The van der Waals surface area contributed by atoms with E-state index in [-0.39, 0.29) is 17.4 Å². The maximum absolute atomic E-state index is 13.3. The van der Waals surface area contributed by atoms with Gasteiger partial charge in [-0.15, -0.1) is 0 Å². The molecule has 1 aliphatic heterocycles. The summed E-state index contributed by atoms with van der Waals surface area (Å²) in [5.41, 5.74) is -3.27. The molecule has 0 saturated heterocycles. The van der Waals surface area contributed by atoms with Crippen molar-refractivity contribution in [3.8, 4) is 0 Å². The molecule has 0 spiro atoms. The van der Waals surface area contributed by atoms with E-state index in [1.807, 2.05) is 0 Å². The van der Waals surface area contributed by atoms with E-state index in [1.165, 1.54) is 21.6 Å².